The molecule has 0 radical (unpaired) electrons. The van der Waals surface area contributed by atoms with Crippen LogP contribution in [0, 0.1) is 0 Å². The zero-order valence-electron chi connectivity index (χ0n) is 18.0. The van der Waals surface area contributed by atoms with E-state index in [2.05, 4.69) is 5.32 Å². The second-order valence-corrected chi connectivity index (χ2v) is 9.16. The molecule has 3 aromatic carbocycles. The first-order valence-corrected chi connectivity index (χ1v) is 11.8. The Morgan fingerprint density at radius 3 is 2.36 bits per heavy atom. The van der Waals surface area contributed by atoms with Gasteiger partial charge in [-0.3, -0.25) is 18.8 Å². The summed E-state index contributed by atoms with van der Waals surface area (Å²) < 4.78 is 33.6. The molecule has 2 amide bonds. The summed E-state index contributed by atoms with van der Waals surface area (Å²) >= 11 is 0. The molecule has 9 heteroatoms. The quantitative estimate of drug-likeness (QED) is 0.578. The van der Waals surface area contributed by atoms with Gasteiger partial charge in [0.25, 0.3) is 10.0 Å². The van der Waals surface area contributed by atoms with Crippen LogP contribution in [0.25, 0.3) is 0 Å². The molecule has 3 aromatic rings. The van der Waals surface area contributed by atoms with Gasteiger partial charge in [0, 0.05) is 0 Å². The molecule has 0 fully saturated rings. The van der Waals surface area contributed by atoms with Crippen molar-refractivity contribution in [3.05, 3.63) is 78.9 Å². The minimum atomic E-state index is -4.08. The fourth-order valence-electron chi connectivity index (χ4n) is 3.57. The van der Waals surface area contributed by atoms with Crippen LogP contribution in [0.5, 0.6) is 5.75 Å². The maximum absolute atomic E-state index is 13.6. The van der Waals surface area contributed by atoms with E-state index in [9.17, 15) is 18.0 Å². The summed E-state index contributed by atoms with van der Waals surface area (Å²) in [4.78, 5) is 26.8. The van der Waals surface area contributed by atoms with Crippen molar-refractivity contribution in [1.82, 2.24) is 0 Å². The van der Waals surface area contributed by atoms with Crippen molar-refractivity contribution < 1.29 is 22.7 Å². The molecule has 0 aromatic heterocycles. The Balaban J connectivity index is 1.69. The van der Waals surface area contributed by atoms with Crippen molar-refractivity contribution in [3.63, 3.8) is 0 Å². The van der Waals surface area contributed by atoms with Gasteiger partial charge in [0.15, 0.2) is 0 Å². The first-order chi connectivity index (χ1) is 15.9. The van der Waals surface area contributed by atoms with Crippen LogP contribution in [0.15, 0.2) is 83.8 Å². The number of amides is 2. The normalized spacial score (nSPS) is 13.1. The van der Waals surface area contributed by atoms with Gasteiger partial charge in [-0.15, -0.1) is 0 Å². The number of benzene rings is 3. The molecule has 170 valence electrons. The number of sulfonamides is 1. The fourth-order valence-corrected chi connectivity index (χ4v) is 4.99. The largest absolute Gasteiger partial charge is 0.494 e. The van der Waals surface area contributed by atoms with Gasteiger partial charge >= 0.3 is 0 Å². The zero-order valence-corrected chi connectivity index (χ0v) is 18.8. The second-order valence-electron chi connectivity index (χ2n) is 7.30. The third kappa shape index (κ3) is 4.68. The number of nitrogens with one attached hydrogen (secondary N) is 1. The number of carbonyl (C=O) groups excluding carboxylic acids is 2. The summed E-state index contributed by atoms with van der Waals surface area (Å²) in [6.07, 6.45) is 0. The number of carbonyl (C=O) groups is 2. The molecule has 0 bridgehead atoms. The standard InChI is InChI=1S/C24H23N3O5S/c1-2-32-19-12-14-20(15-13-19)33(30,31)27(18-8-4-3-5-9-18)17-24(29)26-16-23(28)25-21-10-6-7-11-22(21)26/h3-15H,2,16-17H2,1H3,(H,25,28). The summed E-state index contributed by atoms with van der Waals surface area (Å²) in [6, 6.07) is 21.4. The van der Waals surface area contributed by atoms with Gasteiger partial charge in [0.2, 0.25) is 11.8 Å². The lowest BCUT2D eigenvalue weighted by molar-refractivity contribution is -0.121. The van der Waals surface area contributed by atoms with Crippen molar-refractivity contribution in [2.24, 2.45) is 0 Å². The maximum Gasteiger partial charge on any atom is 0.264 e. The Kier molecular flexibility index (Phi) is 6.32. The smallest absolute Gasteiger partial charge is 0.264 e. The minimum Gasteiger partial charge on any atom is -0.494 e. The first-order valence-electron chi connectivity index (χ1n) is 10.4. The summed E-state index contributed by atoms with van der Waals surface area (Å²) in [7, 11) is -4.08. The van der Waals surface area contributed by atoms with Crippen LogP contribution in [0.4, 0.5) is 17.1 Å². The summed E-state index contributed by atoms with van der Waals surface area (Å²) in [5.74, 6) is -0.312. The van der Waals surface area contributed by atoms with E-state index in [0.717, 1.165) is 4.31 Å². The van der Waals surface area contributed by atoms with Crippen LogP contribution in [-0.4, -0.2) is 39.9 Å². The van der Waals surface area contributed by atoms with Crippen molar-refractivity contribution in [2.45, 2.75) is 11.8 Å². The van der Waals surface area contributed by atoms with Crippen molar-refractivity contribution in [1.29, 1.82) is 0 Å². The van der Waals surface area contributed by atoms with E-state index in [1.807, 2.05) is 6.92 Å². The lowest BCUT2D eigenvalue weighted by atomic mass is 10.2. The van der Waals surface area contributed by atoms with Gasteiger partial charge in [-0.1, -0.05) is 30.3 Å². The van der Waals surface area contributed by atoms with E-state index in [4.69, 9.17) is 4.74 Å². The number of fused-ring (bicyclic) bond motifs is 1. The van der Waals surface area contributed by atoms with E-state index >= 15 is 0 Å². The molecule has 4 rings (SSSR count). The van der Waals surface area contributed by atoms with Crippen LogP contribution < -0.4 is 19.3 Å². The van der Waals surface area contributed by atoms with Gasteiger partial charge in [-0.05, 0) is 55.5 Å². The number of hydrogen-bond donors (Lipinski definition) is 1. The highest BCUT2D eigenvalue weighted by atomic mass is 32.2. The summed E-state index contributed by atoms with van der Waals surface area (Å²) in [5, 5.41) is 2.72. The Morgan fingerprint density at radius 2 is 1.67 bits per heavy atom. The van der Waals surface area contributed by atoms with Crippen molar-refractivity contribution in [2.75, 3.05) is 34.2 Å². The lowest BCUT2D eigenvalue weighted by Crippen LogP contribution is -2.48. The molecule has 1 N–H and O–H groups in total. The molecule has 0 saturated carbocycles. The lowest BCUT2D eigenvalue weighted by Gasteiger charge is -2.31. The van der Waals surface area contributed by atoms with Crippen molar-refractivity contribution >= 4 is 38.9 Å². The predicted molar refractivity (Wildman–Crippen MR) is 126 cm³/mol. The van der Waals surface area contributed by atoms with Gasteiger partial charge in [-0.2, -0.15) is 0 Å². The maximum atomic E-state index is 13.6. The van der Waals surface area contributed by atoms with Crippen LogP contribution in [0.3, 0.4) is 0 Å². The highest BCUT2D eigenvalue weighted by Gasteiger charge is 2.32. The number of para-hydroxylation sites is 3. The summed E-state index contributed by atoms with van der Waals surface area (Å²) in [6.45, 7) is 1.64. The van der Waals surface area contributed by atoms with Crippen molar-refractivity contribution in [3.8, 4) is 5.75 Å². The molecule has 1 heterocycles. The number of nitrogens with zero attached hydrogens (tertiary/aromatic N) is 2. The molecule has 0 atom stereocenters. The Labute approximate surface area is 192 Å². The molecule has 8 nitrogen and oxygen atoms in total. The summed E-state index contributed by atoms with van der Waals surface area (Å²) in [5.41, 5.74) is 1.37. The van der Waals surface area contributed by atoms with E-state index < -0.39 is 22.5 Å². The Bertz CT molecular complexity index is 1260. The molecule has 0 spiro atoms. The van der Waals surface area contributed by atoms with E-state index in [-0.39, 0.29) is 17.3 Å². The number of ether oxygens (including phenoxy) is 1. The average Bonchev–Trinajstić information content (AvgIpc) is 2.83. The van der Waals surface area contributed by atoms with Gasteiger partial charge < -0.3 is 10.1 Å². The first kappa shape index (κ1) is 22.3. The molecule has 0 saturated heterocycles. The number of hydrogen-bond acceptors (Lipinski definition) is 5. The van der Waals surface area contributed by atoms with Crippen LogP contribution in [0.2, 0.25) is 0 Å². The molecular weight excluding hydrogens is 442 g/mol. The van der Waals surface area contributed by atoms with E-state index in [0.29, 0.717) is 29.4 Å². The third-order valence-electron chi connectivity index (χ3n) is 5.12. The highest BCUT2D eigenvalue weighted by molar-refractivity contribution is 7.92. The van der Waals surface area contributed by atoms with Gasteiger partial charge in [0.1, 0.15) is 18.8 Å². The molecule has 1 aliphatic heterocycles. The molecular formula is C24H23N3O5S. The predicted octanol–water partition coefficient (Wildman–Crippen LogP) is 3.27. The average molecular weight is 466 g/mol. The Morgan fingerprint density at radius 1 is 1.00 bits per heavy atom. The fraction of sp³-hybridized carbons (Fsp3) is 0.167. The van der Waals surface area contributed by atoms with Crippen LogP contribution in [0.1, 0.15) is 6.92 Å². The van der Waals surface area contributed by atoms with E-state index in [1.54, 1.807) is 66.7 Å². The van der Waals surface area contributed by atoms with E-state index in [1.165, 1.54) is 17.0 Å². The Hall–Kier alpha value is -3.85. The zero-order chi connectivity index (χ0) is 23.4. The minimum absolute atomic E-state index is 0.0272. The third-order valence-corrected chi connectivity index (χ3v) is 6.91. The van der Waals surface area contributed by atoms with Crippen LogP contribution in [-0.2, 0) is 19.6 Å². The molecule has 1 aliphatic rings. The van der Waals surface area contributed by atoms with Crippen LogP contribution >= 0.6 is 0 Å². The number of anilines is 3. The molecule has 0 unspecified atom stereocenters. The van der Waals surface area contributed by atoms with Gasteiger partial charge in [-0.25, -0.2) is 8.42 Å². The second kappa shape index (κ2) is 9.33. The van der Waals surface area contributed by atoms with Gasteiger partial charge in [0.05, 0.1) is 28.6 Å². The topological polar surface area (TPSA) is 96.0 Å². The number of rotatable bonds is 7. The molecule has 33 heavy (non-hydrogen) atoms. The highest BCUT2D eigenvalue weighted by Crippen LogP contribution is 2.30. The molecule has 0 aliphatic carbocycles. The monoisotopic (exact) mass is 465 g/mol. The SMILES string of the molecule is CCOc1ccc(S(=O)(=O)N(CC(=O)N2CC(=O)Nc3ccccc32)c2ccccc2)cc1.